The molecular formula is C22H28N2O4S. The third kappa shape index (κ3) is 6.87. The fraction of sp³-hybridized carbons (Fsp3) is 0.409. The van der Waals surface area contributed by atoms with Crippen LogP contribution < -0.4 is 9.46 Å². The van der Waals surface area contributed by atoms with Crippen molar-refractivity contribution in [2.75, 3.05) is 26.2 Å². The van der Waals surface area contributed by atoms with Crippen LogP contribution in [-0.2, 0) is 20.6 Å². The smallest absolute Gasteiger partial charge is 0.260 e. The van der Waals surface area contributed by atoms with Crippen LogP contribution in [-0.4, -0.2) is 45.5 Å². The summed E-state index contributed by atoms with van der Waals surface area (Å²) in [6.45, 7) is 3.64. The Bertz CT molecular complexity index is 907. The molecule has 1 aliphatic rings. The minimum atomic E-state index is -3.37. The van der Waals surface area contributed by atoms with E-state index in [0.29, 0.717) is 25.4 Å². The van der Waals surface area contributed by atoms with E-state index in [9.17, 15) is 13.2 Å². The number of likely N-dealkylation sites (tertiary alicyclic amines) is 1. The Kier molecular flexibility index (Phi) is 7.28. The highest BCUT2D eigenvalue weighted by Crippen LogP contribution is 2.18. The zero-order valence-electron chi connectivity index (χ0n) is 16.7. The second kappa shape index (κ2) is 9.89. The van der Waals surface area contributed by atoms with Crippen LogP contribution in [0.2, 0.25) is 0 Å². The lowest BCUT2D eigenvalue weighted by Crippen LogP contribution is -2.43. The van der Waals surface area contributed by atoms with E-state index in [0.717, 1.165) is 24.0 Å². The molecule has 0 unspecified atom stereocenters. The summed E-state index contributed by atoms with van der Waals surface area (Å²) in [6, 6.07) is 16.8. The molecule has 1 fully saturated rings. The molecular weight excluding hydrogens is 388 g/mol. The number of sulfonamides is 1. The van der Waals surface area contributed by atoms with Crippen molar-refractivity contribution in [2.45, 2.75) is 25.5 Å². The van der Waals surface area contributed by atoms with E-state index in [1.165, 1.54) is 0 Å². The van der Waals surface area contributed by atoms with Gasteiger partial charge in [0.1, 0.15) is 5.75 Å². The molecule has 1 N–H and O–H groups in total. The SMILES string of the molecule is Cc1cccc(CS(=O)(=O)NCC2CCN(C(=O)COc3ccccc3)CC2)c1. The minimum absolute atomic E-state index is 0.0111. The number of benzene rings is 2. The minimum Gasteiger partial charge on any atom is -0.484 e. The van der Waals surface area contributed by atoms with E-state index >= 15 is 0 Å². The molecule has 3 rings (SSSR count). The molecule has 1 aliphatic heterocycles. The Hall–Kier alpha value is -2.38. The zero-order chi connectivity index (χ0) is 20.7. The molecule has 29 heavy (non-hydrogen) atoms. The number of carbonyl (C=O) groups excluding carboxylic acids is 1. The van der Waals surface area contributed by atoms with Crippen molar-refractivity contribution in [1.82, 2.24) is 9.62 Å². The molecule has 1 saturated heterocycles. The predicted molar refractivity (Wildman–Crippen MR) is 113 cm³/mol. The van der Waals surface area contributed by atoms with Gasteiger partial charge in [-0.05, 0) is 43.4 Å². The maximum atomic E-state index is 12.4. The molecule has 0 bridgehead atoms. The number of amides is 1. The molecule has 6 nitrogen and oxygen atoms in total. The van der Waals surface area contributed by atoms with Gasteiger partial charge in [0.2, 0.25) is 10.0 Å². The highest BCUT2D eigenvalue weighted by molar-refractivity contribution is 7.88. The highest BCUT2D eigenvalue weighted by atomic mass is 32.2. The standard InChI is InChI=1S/C22H28N2O4S/c1-18-6-5-7-20(14-18)17-29(26,27)23-15-19-10-12-24(13-11-19)22(25)16-28-21-8-3-2-4-9-21/h2-9,14,19,23H,10-13,15-17H2,1H3. The van der Waals surface area contributed by atoms with E-state index < -0.39 is 10.0 Å². The van der Waals surface area contributed by atoms with Crippen LogP contribution in [0.15, 0.2) is 54.6 Å². The summed E-state index contributed by atoms with van der Waals surface area (Å²) >= 11 is 0. The average molecular weight is 417 g/mol. The molecule has 156 valence electrons. The van der Waals surface area contributed by atoms with Gasteiger partial charge < -0.3 is 9.64 Å². The summed E-state index contributed by atoms with van der Waals surface area (Å²) in [4.78, 5) is 14.1. The van der Waals surface area contributed by atoms with E-state index in [1.807, 2.05) is 61.5 Å². The topological polar surface area (TPSA) is 75.7 Å². The third-order valence-electron chi connectivity index (χ3n) is 5.10. The van der Waals surface area contributed by atoms with Gasteiger partial charge in [-0.2, -0.15) is 0 Å². The van der Waals surface area contributed by atoms with E-state index in [4.69, 9.17) is 4.74 Å². The fourth-order valence-corrected chi connectivity index (χ4v) is 4.67. The Labute approximate surface area is 172 Å². The normalized spacial score (nSPS) is 15.3. The van der Waals surface area contributed by atoms with Gasteiger partial charge in [-0.3, -0.25) is 4.79 Å². The monoisotopic (exact) mass is 416 g/mol. The van der Waals surface area contributed by atoms with Crippen LogP contribution in [0.25, 0.3) is 0 Å². The number of para-hydroxylation sites is 1. The Balaban J connectivity index is 1.39. The fourth-order valence-electron chi connectivity index (χ4n) is 3.46. The van der Waals surface area contributed by atoms with Crippen molar-refractivity contribution in [3.05, 3.63) is 65.7 Å². The van der Waals surface area contributed by atoms with Crippen LogP contribution in [0.3, 0.4) is 0 Å². The number of nitrogens with one attached hydrogen (secondary N) is 1. The molecule has 0 spiro atoms. The molecule has 0 saturated carbocycles. The van der Waals surface area contributed by atoms with Crippen LogP contribution in [0.5, 0.6) is 5.75 Å². The van der Waals surface area contributed by atoms with Gasteiger partial charge in [-0.25, -0.2) is 13.1 Å². The van der Waals surface area contributed by atoms with Gasteiger partial charge in [0.15, 0.2) is 6.61 Å². The molecule has 2 aromatic carbocycles. The number of carbonyl (C=O) groups is 1. The number of hydrogen-bond donors (Lipinski definition) is 1. The average Bonchev–Trinajstić information content (AvgIpc) is 2.71. The second-order valence-corrected chi connectivity index (χ2v) is 9.33. The first-order chi connectivity index (χ1) is 13.9. The molecule has 2 aromatic rings. The summed E-state index contributed by atoms with van der Waals surface area (Å²) < 4.78 is 33.0. The number of nitrogens with zero attached hydrogens (tertiary/aromatic N) is 1. The molecule has 1 amide bonds. The molecule has 0 atom stereocenters. The first kappa shape index (κ1) is 21.3. The lowest BCUT2D eigenvalue weighted by atomic mass is 9.97. The molecule has 0 aliphatic carbocycles. The maximum Gasteiger partial charge on any atom is 0.260 e. The molecule has 7 heteroatoms. The molecule has 1 heterocycles. The second-order valence-electron chi connectivity index (χ2n) is 7.52. The van der Waals surface area contributed by atoms with Gasteiger partial charge in [-0.15, -0.1) is 0 Å². The quantitative estimate of drug-likeness (QED) is 0.718. The Morgan fingerprint density at radius 1 is 1.10 bits per heavy atom. The predicted octanol–water partition coefficient (Wildman–Crippen LogP) is 2.73. The van der Waals surface area contributed by atoms with Crippen molar-refractivity contribution in [1.29, 1.82) is 0 Å². The van der Waals surface area contributed by atoms with Gasteiger partial charge in [-0.1, -0.05) is 48.0 Å². The van der Waals surface area contributed by atoms with Crippen LogP contribution >= 0.6 is 0 Å². The highest BCUT2D eigenvalue weighted by Gasteiger charge is 2.24. The van der Waals surface area contributed by atoms with Gasteiger partial charge in [0.05, 0.1) is 5.75 Å². The summed E-state index contributed by atoms with van der Waals surface area (Å²) in [5, 5.41) is 0. The Morgan fingerprint density at radius 3 is 2.52 bits per heavy atom. The number of piperidine rings is 1. The van der Waals surface area contributed by atoms with Gasteiger partial charge in [0.25, 0.3) is 5.91 Å². The van der Waals surface area contributed by atoms with Crippen molar-refractivity contribution in [2.24, 2.45) is 5.92 Å². The van der Waals surface area contributed by atoms with Crippen molar-refractivity contribution < 1.29 is 17.9 Å². The van der Waals surface area contributed by atoms with Crippen LogP contribution in [0.4, 0.5) is 0 Å². The zero-order valence-corrected chi connectivity index (χ0v) is 17.5. The number of hydrogen-bond acceptors (Lipinski definition) is 4. The van der Waals surface area contributed by atoms with Gasteiger partial charge in [0, 0.05) is 19.6 Å². The molecule has 0 aromatic heterocycles. The largest absolute Gasteiger partial charge is 0.484 e. The van der Waals surface area contributed by atoms with Crippen molar-refractivity contribution in [3.8, 4) is 5.75 Å². The lowest BCUT2D eigenvalue weighted by molar-refractivity contribution is -0.134. The number of rotatable bonds is 8. The number of ether oxygens (including phenoxy) is 1. The summed E-state index contributed by atoms with van der Waals surface area (Å²) in [5.41, 5.74) is 1.84. The summed E-state index contributed by atoms with van der Waals surface area (Å²) in [5.74, 6) is 0.871. The summed E-state index contributed by atoms with van der Waals surface area (Å²) in [7, 11) is -3.37. The third-order valence-corrected chi connectivity index (χ3v) is 6.42. The van der Waals surface area contributed by atoms with Gasteiger partial charge >= 0.3 is 0 Å². The van der Waals surface area contributed by atoms with E-state index in [-0.39, 0.29) is 24.2 Å². The van der Waals surface area contributed by atoms with E-state index in [2.05, 4.69) is 4.72 Å². The van der Waals surface area contributed by atoms with E-state index in [1.54, 1.807) is 4.90 Å². The molecule has 0 radical (unpaired) electrons. The van der Waals surface area contributed by atoms with Crippen molar-refractivity contribution in [3.63, 3.8) is 0 Å². The number of aryl methyl sites for hydroxylation is 1. The maximum absolute atomic E-state index is 12.4. The summed E-state index contributed by atoms with van der Waals surface area (Å²) in [6.07, 6.45) is 1.56. The first-order valence-corrected chi connectivity index (χ1v) is 11.5. The van der Waals surface area contributed by atoms with Crippen LogP contribution in [0, 0.1) is 12.8 Å². The van der Waals surface area contributed by atoms with Crippen LogP contribution in [0.1, 0.15) is 24.0 Å². The first-order valence-electron chi connectivity index (χ1n) is 9.90. The Morgan fingerprint density at radius 2 is 1.83 bits per heavy atom. The lowest BCUT2D eigenvalue weighted by Gasteiger charge is -2.32. The van der Waals surface area contributed by atoms with Crippen molar-refractivity contribution >= 4 is 15.9 Å².